The van der Waals surface area contributed by atoms with Crippen molar-refractivity contribution >= 4 is 85.9 Å². The van der Waals surface area contributed by atoms with Crippen LogP contribution in [0.1, 0.15) is 12.0 Å². The minimum absolute atomic E-state index is 0.0724. The first kappa shape index (κ1) is 24.1. The van der Waals surface area contributed by atoms with Crippen LogP contribution in [0.25, 0.3) is 0 Å². The van der Waals surface area contributed by atoms with Gasteiger partial charge in [0.25, 0.3) is 0 Å². The molecule has 0 aliphatic carbocycles. The van der Waals surface area contributed by atoms with Gasteiger partial charge in [0, 0.05) is 25.7 Å². The third-order valence-electron chi connectivity index (χ3n) is 4.83. The molecule has 1 aliphatic heterocycles. The molecule has 0 aromatic heterocycles. The number of amidine groups is 1. The van der Waals surface area contributed by atoms with Gasteiger partial charge in [0.15, 0.2) is 5.17 Å². The van der Waals surface area contributed by atoms with E-state index in [1.54, 1.807) is 41.3 Å². The fourth-order valence-electron chi connectivity index (χ4n) is 3.18. The van der Waals surface area contributed by atoms with Gasteiger partial charge in [-0.1, -0.05) is 53.2 Å². The minimum Gasteiger partial charge on any atom is -0.325 e. The number of carbonyl (C=O) groups excluding carboxylic acids is 2. The predicted octanol–water partition coefficient (Wildman–Crippen LogP) is 6.76. The summed E-state index contributed by atoms with van der Waals surface area (Å²) in [7, 11) is 0. The fourth-order valence-corrected chi connectivity index (χ4v) is 4.95. The summed E-state index contributed by atoms with van der Waals surface area (Å²) < 4.78 is 1.07. The summed E-state index contributed by atoms with van der Waals surface area (Å²) in [4.78, 5) is 32.4. The molecule has 168 valence electrons. The first-order valence-electron chi connectivity index (χ1n) is 9.99. The summed E-state index contributed by atoms with van der Waals surface area (Å²) in [6.07, 6.45) is 0.0724. The van der Waals surface area contributed by atoms with Gasteiger partial charge in [-0.2, -0.15) is 0 Å². The second-order valence-corrected chi connectivity index (χ2v) is 10.6. The van der Waals surface area contributed by atoms with Crippen molar-refractivity contribution in [3.8, 4) is 0 Å². The van der Waals surface area contributed by atoms with Crippen molar-refractivity contribution in [3.63, 3.8) is 0 Å². The number of nitrogens with one attached hydrogen (secondary N) is 1. The largest absolute Gasteiger partial charge is 0.325 e. The van der Waals surface area contributed by atoms with Gasteiger partial charge in [0.1, 0.15) is 5.25 Å². The molecule has 1 unspecified atom stereocenters. The van der Waals surface area contributed by atoms with E-state index in [1.807, 2.05) is 36.4 Å². The van der Waals surface area contributed by atoms with Crippen molar-refractivity contribution in [2.75, 3.05) is 5.32 Å². The Morgan fingerprint density at radius 3 is 2.48 bits per heavy atom. The topological polar surface area (TPSA) is 61.8 Å². The third kappa shape index (κ3) is 6.50. The van der Waals surface area contributed by atoms with Crippen LogP contribution in [0.3, 0.4) is 0 Å². The molecule has 9 heteroatoms. The van der Waals surface area contributed by atoms with E-state index in [2.05, 4.69) is 32.9 Å². The molecule has 0 radical (unpaired) electrons. The number of anilines is 1. The molecule has 4 rings (SSSR count). The molecule has 3 aromatic carbocycles. The lowest BCUT2D eigenvalue weighted by atomic mass is 10.2. The Kier molecular flexibility index (Phi) is 7.95. The molecule has 1 saturated heterocycles. The van der Waals surface area contributed by atoms with E-state index in [9.17, 15) is 9.59 Å². The number of rotatable bonds is 5. The zero-order valence-electron chi connectivity index (χ0n) is 17.2. The minimum atomic E-state index is -0.601. The monoisotopic (exact) mass is 609 g/mol. The highest BCUT2D eigenvalue weighted by atomic mass is 127. The molecule has 0 saturated carbocycles. The summed E-state index contributed by atoms with van der Waals surface area (Å²) in [5.74, 6) is -0.410. The summed E-state index contributed by atoms with van der Waals surface area (Å²) in [5, 5.41) is 3.91. The molecule has 1 heterocycles. The lowest BCUT2D eigenvalue weighted by molar-refractivity contribution is -0.129. The molecule has 33 heavy (non-hydrogen) atoms. The van der Waals surface area contributed by atoms with Crippen molar-refractivity contribution in [1.29, 1.82) is 0 Å². The van der Waals surface area contributed by atoms with E-state index in [4.69, 9.17) is 23.2 Å². The van der Waals surface area contributed by atoms with E-state index in [-0.39, 0.29) is 18.2 Å². The second kappa shape index (κ2) is 10.9. The van der Waals surface area contributed by atoms with Gasteiger partial charge in [-0.3, -0.25) is 14.5 Å². The van der Waals surface area contributed by atoms with E-state index >= 15 is 0 Å². The number of nitrogens with zero attached hydrogens (tertiary/aromatic N) is 2. The average Bonchev–Trinajstić information content (AvgIpc) is 2.79. The Bertz CT molecular complexity index is 1200. The van der Waals surface area contributed by atoms with Crippen LogP contribution in [-0.4, -0.2) is 27.1 Å². The number of benzene rings is 3. The van der Waals surface area contributed by atoms with Crippen molar-refractivity contribution in [1.82, 2.24) is 4.90 Å². The molecule has 5 nitrogen and oxygen atoms in total. The maximum Gasteiger partial charge on any atom is 0.238 e. The number of amides is 2. The normalized spacial score (nSPS) is 17.3. The van der Waals surface area contributed by atoms with E-state index in [0.29, 0.717) is 33.1 Å². The summed E-state index contributed by atoms with van der Waals surface area (Å²) in [5.41, 5.74) is 2.21. The maximum absolute atomic E-state index is 13.1. The van der Waals surface area contributed by atoms with Crippen LogP contribution in [0.2, 0.25) is 10.0 Å². The number of halogens is 3. The zero-order valence-corrected chi connectivity index (χ0v) is 21.7. The summed E-state index contributed by atoms with van der Waals surface area (Å²) in [6, 6.07) is 21.9. The van der Waals surface area contributed by atoms with Gasteiger partial charge in [0.2, 0.25) is 11.8 Å². The Labute approximate surface area is 219 Å². The van der Waals surface area contributed by atoms with Crippen LogP contribution >= 0.6 is 57.6 Å². The van der Waals surface area contributed by atoms with E-state index in [0.717, 1.165) is 9.13 Å². The van der Waals surface area contributed by atoms with Gasteiger partial charge in [-0.25, -0.2) is 4.99 Å². The smallest absolute Gasteiger partial charge is 0.238 e. The van der Waals surface area contributed by atoms with Gasteiger partial charge >= 0.3 is 0 Å². The number of thioether (sulfide) groups is 1. The Hall–Kier alpha value is -2.07. The summed E-state index contributed by atoms with van der Waals surface area (Å²) in [6.45, 7) is 0.327. The molecule has 0 spiro atoms. The highest BCUT2D eigenvalue weighted by molar-refractivity contribution is 14.1. The van der Waals surface area contributed by atoms with Crippen molar-refractivity contribution in [2.45, 2.75) is 18.2 Å². The van der Waals surface area contributed by atoms with E-state index < -0.39 is 5.25 Å². The Morgan fingerprint density at radius 1 is 1.06 bits per heavy atom. The van der Waals surface area contributed by atoms with Crippen molar-refractivity contribution < 1.29 is 9.59 Å². The fraction of sp³-hybridized carbons (Fsp3) is 0.125. The highest BCUT2D eigenvalue weighted by Crippen LogP contribution is 2.31. The average molecular weight is 610 g/mol. The van der Waals surface area contributed by atoms with E-state index in [1.165, 1.54) is 11.8 Å². The third-order valence-corrected chi connectivity index (χ3v) is 7.22. The van der Waals surface area contributed by atoms with Crippen molar-refractivity contribution in [3.05, 3.63) is 92.0 Å². The van der Waals surface area contributed by atoms with Crippen LogP contribution < -0.4 is 5.32 Å². The van der Waals surface area contributed by atoms with Crippen LogP contribution in [0.15, 0.2) is 77.8 Å². The molecule has 1 atom stereocenters. The Morgan fingerprint density at radius 2 is 1.79 bits per heavy atom. The van der Waals surface area contributed by atoms with Crippen LogP contribution in [0.5, 0.6) is 0 Å². The molecular formula is C24H18Cl2IN3O2S. The molecule has 0 bridgehead atoms. The zero-order chi connectivity index (χ0) is 23.4. The maximum atomic E-state index is 13.1. The SMILES string of the molecule is O=C(Nc1ccc(I)cc1)C1CC(=O)N(Cc2ccc(Cl)cc2)C(=Nc2cccc(Cl)c2)S1. The molecule has 2 amide bonds. The number of hydrogen-bond donors (Lipinski definition) is 1. The molecule has 1 fully saturated rings. The van der Waals surface area contributed by atoms with Crippen molar-refractivity contribution in [2.24, 2.45) is 4.99 Å². The molecular weight excluding hydrogens is 592 g/mol. The van der Waals surface area contributed by atoms with Gasteiger partial charge in [-0.15, -0.1) is 0 Å². The van der Waals surface area contributed by atoms with Crippen LogP contribution in [0, 0.1) is 3.57 Å². The first-order chi connectivity index (χ1) is 15.9. The Balaban J connectivity index is 1.60. The summed E-state index contributed by atoms with van der Waals surface area (Å²) >= 11 is 15.6. The van der Waals surface area contributed by atoms with Gasteiger partial charge < -0.3 is 5.32 Å². The molecule has 1 aliphatic rings. The standard InChI is InChI=1S/C24H18Cl2IN3O2S/c25-16-6-4-15(5-7-16)14-30-22(31)13-21(23(32)28-19-10-8-18(27)9-11-19)33-24(30)29-20-3-1-2-17(26)12-20/h1-12,21H,13-14H2,(H,28,32). The van der Waals surface area contributed by atoms with Crippen LogP contribution in [0.4, 0.5) is 11.4 Å². The lowest BCUT2D eigenvalue weighted by Crippen LogP contribution is -2.44. The molecule has 1 N–H and O–H groups in total. The second-order valence-electron chi connectivity index (χ2n) is 7.29. The number of carbonyl (C=O) groups is 2. The number of hydrogen-bond acceptors (Lipinski definition) is 4. The molecule has 3 aromatic rings. The lowest BCUT2D eigenvalue weighted by Gasteiger charge is -2.32. The number of aliphatic imine (C=N–C) groups is 1. The predicted molar refractivity (Wildman–Crippen MR) is 144 cm³/mol. The van der Waals surface area contributed by atoms with Crippen LogP contribution in [-0.2, 0) is 16.1 Å². The highest BCUT2D eigenvalue weighted by Gasteiger charge is 2.36. The quantitative estimate of drug-likeness (QED) is 0.325. The first-order valence-corrected chi connectivity index (χ1v) is 12.7. The van der Waals surface area contributed by atoms with Gasteiger partial charge in [-0.05, 0) is 82.8 Å². The van der Waals surface area contributed by atoms with Gasteiger partial charge in [0.05, 0.1) is 12.2 Å².